The lowest BCUT2D eigenvalue weighted by molar-refractivity contribution is -0.246. The molecule has 0 aliphatic rings. The summed E-state index contributed by atoms with van der Waals surface area (Å²) in [5.41, 5.74) is -0.413. The van der Waals surface area contributed by atoms with Crippen molar-refractivity contribution >= 4 is 35.9 Å². The largest absolute Gasteiger partial charge is 0.524 e. The average Bonchev–Trinajstić information content (AvgIpc) is 2.71. The van der Waals surface area contributed by atoms with Gasteiger partial charge in [-0.05, 0) is 35.1 Å². The Bertz CT molecular complexity index is 1350. The second-order valence-corrected chi connectivity index (χ2v) is 12.9. The SMILES string of the molecule is CC(C)c1cc(OS(=O)(=O)C(F)(F)C(F)(F)C(F)(F)S(=O)(=O)NOS(=O)(=O)C(F)(F)F)cc(C(C)C)c1N. The van der Waals surface area contributed by atoms with Crippen LogP contribution in [0.15, 0.2) is 12.1 Å². The van der Waals surface area contributed by atoms with Crippen molar-refractivity contribution in [3.8, 4) is 5.75 Å². The highest BCUT2D eigenvalue weighted by atomic mass is 32.2. The molecule has 0 unspecified atom stereocenters. The molecule has 0 aliphatic heterocycles. The smallest absolute Gasteiger partial charge is 0.398 e. The van der Waals surface area contributed by atoms with E-state index in [9.17, 15) is 64.8 Å². The normalized spacial score (nSPS) is 14.8. The van der Waals surface area contributed by atoms with Crippen LogP contribution < -0.4 is 14.8 Å². The van der Waals surface area contributed by atoms with Crippen molar-refractivity contribution in [1.82, 2.24) is 4.89 Å². The Hall–Kier alpha value is -2.04. The number of hydrogen-bond acceptors (Lipinski definition) is 9. The van der Waals surface area contributed by atoms with Crippen LogP contribution in [-0.4, -0.2) is 47.2 Å². The van der Waals surface area contributed by atoms with Crippen molar-refractivity contribution in [2.75, 3.05) is 5.73 Å². The quantitative estimate of drug-likeness (QED) is 0.122. The van der Waals surface area contributed by atoms with Crippen LogP contribution >= 0.6 is 0 Å². The third kappa shape index (κ3) is 5.92. The first-order valence-electron chi connectivity index (χ1n) is 9.59. The summed E-state index contributed by atoms with van der Waals surface area (Å²) in [4.78, 5) is -0.577. The van der Waals surface area contributed by atoms with E-state index in [4.69, 9.17) is 5.73 Å². The van der Waals surface area contributed by atoms with E-state index in [1.165, 1.54) is 27.7 Å². The number of alkyl halides is 9. The highest BCUT2D eigenvalue weighted by Crippen LogP contribution is 2.51. The van der Waals surface area contributed by atoms with E-state index in [0.717, 1.165) is 0 Å². The molecule has 0 atom stereocenters. The third-order valence-electron chi connectivity index (χ3n) is 4.59. The molecule has 0 aromatic heterocycles. The van der Waals surface area contributed by atoms with Crippen LogP contribution in [0.3, 0.4) is 0 Å². The van der Waals surface area contributed by atoms with Crippen molar-refractivity contribution in [3.05, 3.63) is 23.3 Å². The molecular formula is C16H19F9N2O8S3. The second kappa shape index (κ2) is 10.2. The van der Waals surface area contributed by atoms with Gasteiger partial charge in [0, 0.05) is 5.69 Å². The first kappa shape index (κ1) is 34.0. The maximum absolute atomic E-state index is 14.4. The van der Waals surface area contributed by atoms with Crippen LogP contribution in [0.25, 0.3) is 0 Å². The predicted molar refractivity (Wildman–Crippen MR) is 112 cm³/mol. The van der Waals surface area contributed by atoms with Gasteiger partial charge in [0.1, 0.15) is 5.75 Å². The highest BCUT2D eigenvalue weighted by molar-refractivity contribution is 7.92. The summed E-state index contributed by atoms with van der Waals surface area (Å²) in [6, 6.07) is 1.42. The van der Waals surface area contributed by atoms with Crippen LogP contribution in [0.4, 0.5) is 45.2 Å². The summed E-state index contributed by atoms with van der Waals surface area (Å²) in [7, 11) is -21.9. The molecule has 0 fully saturated rings. The van der Waals surface area contributed by atoms with E-state index < -0.39 is 74.7 Å². The molecule has 0 bridgehead atoms. The molecule has 38 heavy (non-hydrogen) atoms. The Morgan fingerprint density at radius 1 is 0.737 bits per heavy atom. The van der Waals surface area contributed by atoms with Crippen molar-refractivity contribution < 1.29 is 73.2 Å². The van der Waals surface area contributed by atoms with E-state index in [1.54, 1.807) is 0 Å². The van der Waals surface area contributed by atoms with E-state index in [0.29, 0.717) is 12.1 Å². The van der Waals surface area contributed by atoms with Gasteiger partial charge in [0.2, 0.25) is 0 Å². The van der Waals surface area contributed by atoms with Gasteiger partial charge >= 0.3 is 52.2 Å². The molecule has 0 amide bonds. The minimum absolute atomic E-state index is 0.0364. The first-order valence-corrected chi connectivity index (χ1v) is 13.9. The Balaban J connectivity index is 3.55. The summed E-state index contributed by atoms with van der Waals surface area (Å²) in [6.07, 6.45) is 0. The van der Waals surface area contributed by atoms with E-state index in [-0.39, 0.29) is 16.8 Å². The van der Waals surface area contributed by atoms with E-state index in [1.807, 2.05) is 0 Å². The molecule has 1 aromatic rings. The molecule has 10 nitrogen and oxygen atoms in total. The molecule has 0 saturated heterocycles. The second-order valence-electron chi connectivity index (χ2n) is 8.04. The van der Waals surface area contributed by atoms with Crippen molar-refractivity contribution in [2.45, 2.75) is 61.5 Å². The monoisotopic (exact) mass is 634 g/mol. The lowest BCUT2D eigenvalue weighted by atomic mass is 9.92. The minimum Gasteiger partial charge on any atom is -0.398 e. The number of sulfonamides is 1. The molecule has 0 heterocycles. The van der Waals surface area contributed by atoms with Crippen LogP contribution in [0.1, 0.15) is 50.7 Å². The summed E-state index contributed by atoms with van der Waals surface area (Å²) in [5, 5.41) is -14.4. The molecule has 0 spiro atoms. The molecule has 0 radical (unpaired) electrons. The molecule has 22 heteroatoms. The molecule has 0 aliphatic carbocycles. The lowest BCUT2D eigenvalue weighted by Crippen LogP contribution is -2.63. The van der Waals surface area contributed by atoms with Gasteiger partial charge in [0.05, 0.1) is 0 Å². The minimum atomic E-state index is -7.62. The fourth-order valence-electron chi connectivity index (χ4n) is 2.54. The van der Waals surface area contributed by atoms with Gasteiger partial charge in [-0.2, -0.15) is 60.6 Å². The first-order chi connectivity index (χ1) is 16.6. The van der Waals surface area contributed by atoms with E-state index in [2.05, 4.69) is 8.47 Å². The fourth-order valence-corrected chi connectivity index (χ4v) is 4.88. The number of anilines is 1. The van der Waals surface area contributed by atoms with Crippen molar-refractivity contribution in [3.63, 3.8) is 0 Å². The summed E-state index contributed by atoms with van der Waals surface area (Å²) in [6.45, 7) is 5.99. The van der Waals surface area contributed by atoms with Gasteiger partial charge in [-0.3, -0.25) is 0 Å². The van der Waals surface area contributed by atoms with Gasteiger partial charge in [-0.1, -0.05) is 32.6 Å². The van der Waals surface area contributed by atoms with Crippen LogP contribution in [0, 0.1) is 0 Å². The van der Waals surface area contributed by atoms with Gasteiger partial charge in [-0.15, -0.1) is 0 Å². The standard InChI is InChI=1S/C16H19F9N2O8S3/c1-7(2)10-5-9(6-11(8(3)4)12(10)26)34-37(30,31)15(21,22)13(17,18)14(19,20)36(28,29)27-35-38(32,33)16(23,24)25/h5-8,27H,26H2,1-4H3. The molecule has 222 valence electrons. The van der Waals surface area contributed by atoms with Crippen LogP contribution in [-0.2, 0) is 34.5 Å². The van der Waals surface area contributed by atoms with E-state index >= 15 is 0 Å². The third-order valence-corrected chi connectivity index (χ3v) is 8.09. The Labute approximate surface area is 210 Å². The van der Waals surface area contributed by atoms with Gasteiger partial charge in [0.15, 0.2) is 0 Å². The number of halogens is 9. The number of nitrogen functional groups attached to an aromatic ring is 1. The summed E-state index contributed by atoms with van der Waals surface area (Å²) in [5.74, 6) is -9.67. The number of benzene rings is 1. The molecule has 3 N–H and O–H groups in total. The summed E-state index contributed by atoms with van der Waals surface area (Å²) < 4.78 is 196. The van der Waals surface area contributed by atoms with Gasteiger partial charge in [-0.25, -0.2) is 8.42 Å². The lowest BCUT2D eigenvalue weighted by Gasteiger charge is -2.31. The number of nitrogens with one attached hydrogen (secondary N) is 1. The van der Waals surface area contributed by atoms with Crippen LogP contribution in [0.2, 0.25) is 0 Å². The maximum Gasteiger partial charge on any atom is 0.524 e. The zero-order valence-electron chi connectivity index (χ0n) is 19.3. The summed E-state index contributed by atoms with van der Waals surface area (Å²) >= 11 is 0. The Kier molecular flexibility index (Phi) is 9.10. The van der Waals surface area contributed by atoms with Gasteiger partial charge in [0.25, 0.3) is 0 Å². The van der Waals surface area contributed by atoms with Crippen molar-refractivity contribution in [1.29, 1.82) is 0 Å². The fraction of sp³-hybridized carbons (Fsp3) is 0.625. The highest BCUT2D eigenvalue weighted by Gasteiger charge is 2.83. The number of nitrogens with two attached hydrogens (primary N) is 1. The number of rotatable bonds is 11. The average molecular weight is 635 g/mol. The zero-order chi connectivity index (χ0) is 30.5. The maximum atomic E-state index is 14.4. The molecule has 1 aromatic carbocycles. The Morgan fingerprint density at radius 2 is 1.13 bits per heavy atom. The molecule has 0 saturated carbocycles. The molecular weight excluding hydrogens is 615 g/mol. The van der Waals surface area contributed by atoms with Crippen molar-refractivity contribution in [2.24, 2.45) is 0 Å². The topological polar surface area (TPSA) is 159 Å². The number of hydrogen-bond donors (Lipinski definition) is 2. The Morgan fingerprint density at radius 3 is 1.47 bits per heavy atom. The predicted octanol–water partition coefficient (Wildman–Crippen LogP) is 3.75. The zero-order valence-corrected chi connectivity index (χ0v) is 21.7. The molecule has 1 rings (SSSR count). The van der Waals surface area contributed by atoms with Crippen LogP contribution in [0.5, 0.6) is 5.75 Å². The van der Waals surface area contributed by atoms with Gasteiger partial charge < -0.3 is 9.92 Å².